The van der Waals surface area contributed by atoms with Gasteiger partial charge in [0.05, 0.1) is 6.10 Å². The molecule has 0 amide bonds. The Morgan fingerprint density at radius 2 is 2.00 bits per heavy atom. The molecule has 2 nitrogen and oxygen atoms in total. The average Bonchev–Trinajstić information content (AvgIpc) is 2.79. The topological polar surface area (TPSA) is 23.5 Å². The first-order valence-electron chi connectivity index (χ1n) is 7.34. The highest BCUT2D eigenvalue weighted by Crippen LogP contribution is 2.42. The zero-order valence-corrected chi connectivity index (χ0v) is 11.9. The molecule has 1 saturated carbocycles. The van der Waals surface area contributed by atoms with Gasteiger partial charge in [-0.2, -0.15) is 0 Å². The van der Waals surface area contributed by atoms with E-state index in [1.54, 1.807) is 0 Å². The first-order valence-corrected chi connectivity index (χ1v) is 7.34. The van der Waals surface area contributed by atoms with Gasteiger partial charge in [-0.05, 0) is 49.5 Å². The molecule has 1 aliphatic heterocycles. The lowest BCUT2D eigenvalue weighted by atomic mass is 9.87. The van der Waals surface area contributed by atoms with Gasteiger partial charge in [-0.3, -0.25) is 4.90 Å². The number of hydrogen-bond donors (Lipinski definition) is 1. The van der Waals surface area contributed by atoms with Crippen LogP contribution < -0.4 is 0 Å². The molecular formula is C15H29NO. The van der Waals surface area contributed by atoms with Crippen LogP contribution in [0.25, 0.3) is 0 Å². The maximum Gasteiger partial charge on any atom is 0.0631 e. The van der Waals surface area contributed by atoms with Crippen LogP contribution in [0.1, 0.15) is 53.4 Å². The van der Waals surface area contributed by atoms with E-state index in [1.807, 2.05) is 0 Å². The Balaban J connectivity index is 1.93. The Morgan fingerprint density at radius 3 is 2.53 bits per heavy atom. The molecule has 1 saturated heterocycles. The van der Waals surface area contributed by atoms with E-state index >= 15 is 0 Å². The van der Waals surface area contributed by atoms with Crippen LogP contribution in [0.4, 0.5) is 0 Å². The summed E-state index contributed by atoms with van der Waals surface area (Å²) in [4.78, 5) is 2.64. The van der Waals surface area contributed by atoms with Gasteiger partial charge in [0.2, 0.25) is 0 Å². The summed E-state index contributed by atoms with van der Waals surface area (Å²) in [5.74, 6) is 1.26. The van der Waals surface area contributed by atoms with Crippen molar-refractivity contribution in [3.05, 3.63) is 0 Å². The summed E-state index contributed by atoms with van der Waals surface area (Å²) in [6.45, 7) is 11.4. The van der Waals surface area contributed by atoms with Gasteiger partial charge in [0.25, 0.3) is 0 Å². The largest absolute Gasteiger partial charge is 0.392 e. The van der Waals surface area contributed by atoms with E-state index in [9.17, 15) is 5.11 Å². The summed E-state index contributed by atoms with van der Waals surface area (Å²) in [6, 6.07) is 0.755. The van der Waals surface area contributed by atoms with Crippen molar-refractivity contribution in [1.29, 1.82) is 0 Å². The van der Waals surface area contributed by atoms with Gasteiger partial charge in [0.1, 0.15) is 0 Å². The molecular weight excluding hydrogens is 210 g/mol. The van der Waals surface area contributed by atoms with Crippen LogP contribution in [0.2, 0.25) is 0 Å². The van der Waals surface area contributed by atoms with Gasteiger partial charge in [-0.25, -0.2) is 0 Å². The number of hydrogen-bond acceptors (Lipinski definition) is 2. The van der Waals surface area contributed by atoms with Crippen molar-refractivity contribution in [3.8, 4) is 0 Å². The van der Waals surface area contributed by atoms with Crippen LogP contribution in [0.5, 0.6) is 0 Å². The monoisotopic (exact) mass is 239 g/mol. The van der Waals surface area contributed by atoms with Crippen LogP contribution in [-0.2, 0) is 0 Å². The lowest BCUT2D eigenvalue weighted by molar-refractivity contribution is 0.0284. The molecule has 1 aliphatic carbocycles. The molecule has 0 spiro atoms. The van der Waals surface area contributed by atoms with E-state index in [2.05, 4.69) is 32.6 Å². The first-order chi connectivity index (χ1) is 7.92. The molecule has 2 aliphatic rings. The van der Waals surface area contributed by atoms with Crippen LogP contribution in [-0.4, -0.2) is 35.2 Å². The number of rotatable bonds is 3. The minimum Gasteiger partial charge on any atom is -0.392 e. The molecule has 0 bridgehead atoms. The van der Waals surface area contributed by atoms with E-state index in [0.29, 0.717) is 5.92 Å². The van der Waals surface area contributed by atoms with Gasteiger partial charge >= 0.3 is 0 Å². The van der Waals surface area contributed by atoms with Crippen LogP contribution in [0, 0.1) is 17.3 Å². The van der Waals surface area contributed by atoms with Crippen molar-refractivity contribution in [1.82, 2.24) is 4.90 Å². The number of likely N-dealkylation sites (tertiary alicyclic amines) is 1. The van der Waals surface area contributed by atoms with E-state index in [1.165, 1.54) is 32.2 Å². The molecule has 0 radical (unpaired) electrons. The van der Waals surface area contributed by atoms with Crippen molar-refractivity contribution in [2.75, 3.05) is 13.1 Å². The predicted octanol–water partition coefficient (Wildman–Crippen LogP) is 2.90. The summed E-state index contributed by atoms with van der Waals surface area (Å²) in [7, 11) is 0. The fourth-order valence-corrected chi connectivity index (χ4v) is 3.83. The van der Waals surface area contributed by atoms with Crippen LogP contribution in [0.15, 0.2) is 0 Å². The van der Waals surface area contributed by atoms with E-state index < -0.39 is 0 Å². The second-order valence-electron chi connectivity index (χ2n) is 7.18. The maximum atomic E-state index is 10.4. The molecule has 17 heavy (non-hydrogen) atoms. The summed E-state index contributed by atoms with van der Waals surface area (Å²) in [5.41, 5.74) is 0.137. The van der Waals surface area contributed by atoms with Gasteiger partial charge < -0.3 is 5.11 Å². The van der Waals surface area contributed by atoms with Crippen molar-refractivity contribution in [2.45, 2.75) is 65.5 Å². The van der Waals surface area contributed by atoms with Crippen molar-refractivity contribution < 1.29 is 5.11 Å². The quantitative estimate of drug-likeness (QED) is 0.818. The zero-order valence-electron chi connectivity index (χ0n) is 11.9. The van der Waals surface area contributed by atoms with Gasteiger partial charge in [0, 0.05) is 12.6 Å². The fraction of sp³-hybridized carbons (Fsp3) is 1.00. The minimum absolute atomic E-state index is 0.101. The molecule has 2 fully saturated rings. The van der Waals surface area contributed by atoms with Gasteiger partial charge in [0.15, 0.2) is 0 Å². The summed E-state index contributed by atoms with van der Waals surface area (Å²) in [6.07, 6.45) is 4.98. The Kier molecular flexibility index (Phi) is 3.84. The number of nitrogens with zero attached hydrogens (tertiary/aromatic N) is 1. The summed E-state index contributed by atoms with van der Waals surface area (Å²) >= 11 is 0. The van der Waals surface area contributed by atoms with Crippen molar-refractivity contribution in [3.63, 3.8) is 0 Å². The Hall–Kier alpha value is -0.0800. The average molecular weight is 239 g/mol. The lowest BCUT2D eigenvalue weighted by Gasteiger charge is -2.32. The van der Waals surface area contributed by atoms with Crippen molar-refractivity contribution >= 4 is 0 Å². The normalized spacial score (nSPS) is 38.1. The number of aliphatic hydroxyl groups is 1. The second kappa shape index (κ2) is 4.89. The standard InChI is InChI=1S/C15H29NO/c1-11(2)13-6-5-9-16(13)10-12-7-8-15(3,4)14(12)17/h11-14,17H,5-10H2,1-4H3. The van der Waals surface area contributed by atoms with Gasteiger partial charge in [-0.1, -0.05) is 27.7 Å². The molecule has 2 rings (SSSR count). The third-order valence-electron chi connectivity index (χ3n) is 5.06. The molecule has 1 N–H and O–H groups in total. The molecule has 0 aromatic rings. The Bertz CT molecular complexity index is 260. The third-order valence-corrected chi connectivity index (χ3v) is 5.06. The smallest absolute Gasteiger partial charge is 0.0631 e. The molecule has 0 aromatic carbocycles. The summed E-state index contributed by atoms with van der Waals surface area (Å²) < 4.78 is 0. The zero-order chi connectivity index (χ0) is 12.6. The van der Waals surface area contributed by atoms with Crippen LogP contribution >= 0.6 is 0 Å². The molecule has 2 heteroatoms. The highest BCUT2D eigenvalue weighted by Gasteiger charge is 2.42. The molecule has 3 unspecified atom stereocenters. The Morgan fingerprint density at radius 1 is 1.29 bits per heavy atom. The van der Waals surface area contributed by atoms with E-state index in [0.717, 1.165) is 18.5 Å². The van der Waals surface area contributed by atoms with E-state index in [4.69, 9.17) is 0 Å². The first kappa shape index (κ1) is 13.4. The van der Waals surface area contributed by atoms with Crippen molar-refractivity contribution in [2.24, 2.45) is 17.3 Å². The van der Waals surface area contributed by atoms with Crippen LogP contribution in [0.3, 0.4) is 0 Å². The van der Waals surface area contributed by atoms with E-state index in [-0.39, 0.29) is 11.5 Å². The molecule has 3 atom stereocenters. The minimum atomic E-state index is -0.101. The van der Waals surface area contributed by atoms with Gasteiger partial charge in [-0.15, -0.1) is 0 Å². The third kappa shape index (κ3) is 2.68. The maximum absolute atomic E-state index is 10.4. The second-order valence-corrected chi connectivity index (χ2v) is 7.18. The molecule has 1 heterocycles. The SMILES string of the molecule is CC(C)C1CCCN1CC1CCC(C)(C)C1O. The predicted molar refractivity (Wildman–Crippen MR) is 71.9 cm³/mol. The highest BCUT2D eigenvalue weighted by molar-refractivity contribution is 4.94. The number of aliphatic hydroxyl groups excluding tert-OH is 1. The highest BCUT2D eigenvalue weighted by atomic mass is 16.3. The fourth-order valence-electron chi connectivity index (χ4n) is 3.83. The molecule has 0 aromatic heterocycles. The summed E-state index contributed by atoms with van der Waals surface area (Å²) in [5, 5.41) is 10.4. The lowest BCUT2D eigenvalue weighted by Crippen LogP contribution is -2.40. The molecule has 100 valence electrons. The Labute approximate surface area is 106 Å².